The zero-order chi connectivity index (χ0) is 11.2. The number of carboxylic acids is 1. The Hall–Kier alpha value is -1.46. The quantitative estimate of drug-likeness (QED) is 0.830. The summed E-state index contributed by atoms with van der Waals surface area (Å²) in [5.41, 5.74) is -1.72. The van der Waals surface area contributed by atoms with Gasteiger partial charge in [0.25, 0.3) is 0 Å². The number of nitrogens with zero attached hydrogens (tertiary/aromatic N) is 1. The summed E-state index contributed by atoms with van der Waals surface area (Å²) < 4.78 is 38.8. The molecule has 0 unspecified atom stereocenters. The van der Waals surface area contributed by atoms with Gasteiger partial charge in [-0.15, -0.1) is 0 Å². The summed E-state index contributed by atoms with van der Waals surface area (Å²) in [5.74, 6) is -1.54. The number of carbonyl (C=O) groups is 1. The van der Waals surface area contributed by atoms with Gasteiger partial charge >= 0.3 is 12.1 Å². The summed E-state index contributed by atoms with van der Waals surface area (Å²) in [5, 5.41) is 8.63. The Morgan fingerprint density at radius 1 is 1.47 bits per heavy atom. The molecule has 1 aromatic rings. The molecule has 1 saturated carbocycles. The van der Waals surface area contributed by atoms with Gasteiger partial charge in [-0.25, -0.2) is 4.79 Å². The number of aromatic nitrogens is 1. The van der Waals surface area contributed by atoms with Crippen molar-refractivity contribution in [2.24, 2.45) is 0 Å². The van der Waals surface area contributed by atoms with Crippen molar-refractivity contribution < 1.29 is 23.1 Å². The van der Waals surface area contributed by atoms with Crippen LogP contribution in [-0.4, -0.2) is 15.6 Å². The third-order valence-electron chi connectivity index (χ3n) is 2.35. The lowest BCUT2D eigenvalue weighted by Gasteiger charge is -2.12. The van der Waals surface area contributed by atoms with Crippen molar-refractivity contribution in [1.82, 2.24) is 4.57 Å². The first-order valence-electron chi connectivity index (χ1n) is 4.42. The standard InChI is InChI=1S/C9H8F3NO2/c10-9(11,12)7-6(8(14)15)3-4-13(7)5-1-2-5/h3-5H,1-2H2,(H,14,15). The number of aromatic carboxylic acids is 1. The minimum absolute atomic E-state index is 0.185. The van der Waals surface area contributed by atoms with Crippen molar-refractivity contribution >= 4 is 5.97 Å². The van der Waals surface area contributed by atoms with E-state index in [1.54, 1.807) is 0 Å². The Morgan fingerprint density at radius 2 is 2.07 bits per heavy atom. The van der Waals surface area contributed by atoms with Crippen LogP contribution in [0, 0.1) is 0 Å². The van der Waals surface area contributed by atoms with Crippen LogP contribution < -0.4 is 0 Å². The first-order valence-corrected chi connectivity index (χ1v) is 4.42. The van der Waals surface area contributed by atoms with Crippen LogP contribution in [0.3, 0.4) is 0 Å². The second kappa shape index (κ2) is 3.01. The highest BCUT2D eigenvalue weighted by molar-refractivity contribution is 5.89. The summed E-state index contributed by atoms with van der Waals surface area (Å²) in [6.45, 7) is 0. The first-order chi connectivity index (χ1) is 6.91. The molecule has 1 N–H and O–H groups in total. The van der Waals surface area contributed by atoms with Crippen molar-refractivity contribution in [3.8, 4) is 0 Å². The molecule has 0 aliphatic heterocycles. The number of rotatable bonds is 2. The van der Waals surface area contributed by atoms with Crippen LogP contribution in [0.1, 0.15) is 34.9 Å². The smallest absolute Gasteiger partial charge is 0.432 e. The fraction of sp³-hybridized carbons (Fsp3) is 0.444. The van der Waals surface area contributed by atoms with E-state index in [2.05, 4.69) is 0 Å². The van der Waals surface area contributed by atoms with Crippen LogP contribution in [0.4, 0.5) is 13.2 Å². The molecule has 0 aromatic carbocycles. The van der Waals surface area contributed by atoms with E-state index in [-0.39, 0.29) is 6.04 Å². The summed E-state index contributed by atoms with van der Waals surface area (Å²) in [4.78, 5) is 10.6. The number of carboxylic acid groups (broad SMARTS) is 1. The van der Waals surface area contributed by atoms with E-state index in [4.69, 9.17) is 5.11 Å². The number of hydrogen-bond acceptors (Lipinski definition) is 1. The topological polar surface area (TPSA) is 42.2 Å². The molecule has 1 aromatic heterocycles. The van der Waals surface area contributed by atoms with Crippen LogP contribution in [0.2, 0.25) is 0 Å². The van der Waals surface area contributed by atoms with Gasteiger partial charge in [-0.2, -0.15) is 13.2 Å². The maximum Gasteiger partial charge on any atom is 0.432 e. The molecule has 15 heavy (non-hydrogen) atoms. The van der Waals surface area contributed by atoms with Crippen molar-refractivity contribution in [2.45, 2.75) is 25.1 Å². The maximum atomic E-state index is 12.6. The van der Waals surface area contributed by atoms with Gasteiger partial charge in [0.15, 0.2) is 0 Å². The number of hydrogen-bond donors (Lipinski definition) is 1. The molecule has 82 valence electrons. The third-order valence-corrected chi connectivity index (χ3v) is 2.35. The average molecular weight is 219 g/mol. The predicted octanol–water partition coefficient (Wildman–Crippen LogP) is 2.54. The molecule has 0 bridgehead atoms. The molecule has 6 heteroatoms. The fourth-order valence-corrected chi connectivity index (χ4v) is 1.58. The minimum atomic E-state index is -4.61. The molecule has 0 radical (unpaired) electrons. The Bertz CT molecular complexity index is 404. The molecule has 0 amide bonds. The Balaban J connectivity index is 2.53. The Morgan fingerprint density at radius 3 is 2.47 bits per heavy atom. The lowest BCUT2D eigenvalue weighted by Crippen LogP contribution is -2.16. The lowest BCUT2D eigenvalue weighted by atomic mass is 10.2. The molecular weight excluding hydrogens is 211 g/mol. The molecule has 1 aliphatic rings. The molecule has 3 nitrogen and oxygen atoms in total. The molecular formula is C9H8F3NO2. The number of alkyl halides is 3. The molecule has 0 atom stereocenters. The van der Waals surface area contributed by atoms with Crippen LogP contribution in [-0.2, 0) is 6.18 Å². The van der Waals surface area contributed by atoms with Crippen LogP contribution in [0.5, 0.6) is 0 Å². The fourth-order valence-electron chi connectivity index (χ4n) is 1.58. The average Bonchev–Trinajstić information content (AvgIpc) is 2.81. The van der Waals surface area contributed by atoms with Gasteiger partial charge in [0.1, 0.15) is 5.69 Å². The van der Waals surface area contributed by atoms with Crippen molar-refractivity contribution in [1.29, 1.82) is 0 Å². The Kier molecular flexibility index (Phi) is 2.02. The number of halogens is 3. The normalized spacial score (nSPS) is 16.7. The van der Waals surface area contributed by atoms with E-state index in [0.717, 1.165) is 10.6 Å². The third kappa shape index (κ3) is 1.71. The zero-order valence-corrected chi connectivity index (χ0v) is 7.58. The SMILES string of the molecule is O=C(O)c1ccn(C2CC2)c1C(F)(F)F. The van der Waals surface area contributed by atoms with Gasteiger partial charge in [0, 0.05) is 12.2 Å². The second-order valence-electron chi connectivity index (χ2n) is 3.52. The summed E-state index contributed by atoms with van der Waals surface area (Å²) >= 11 is 0. The van der Waals surface area contributed by atoms with Crippen molar-refractivity contribution in [2.75, 3.05) is 0 Å². The monoisotopic (exact) mass is 219 g/mol. The van der Waals surface area contributed by atoms with Gasteiger partial charge in [-0.05, 0) is 18.9 Å². The van der Waals surface area contributed by atoms with Crippen molar-refractivity contribution in [3.05, 3.63) is 23.5 Å². The van der Waals surface area contributed by atoms with E-state index in [1.165, 1.54) is 6.20 Å². The highest BCUT2D eigenvalue weighted by Gasteiger charge is 2.42. The van der Waals surface area contributed by atoms with E-state index < -0.39 is 23.4 Å². The molecule has 1 fully saturated rings. The molecule has 0 saturated heterocycles. The summed E-state index contributed by atoms with van der Waals surface area (Å²) in [6.07, 6.45) is -2.06. The van der Waals surface area contributed by atoms with E-state index in [0.29, 0.717) is 12.8 Å². The molecule has 1 aliphatic carbocycles. The predicted molar refractivity (Wildman–Crippen MR) is 44.7 cm³/mol. The van der Waals surface area contributed by atoms with Gasteiger partial charge in [0.05, 0.1) is 5.56 Å². The van der Waals surface area contributed by atoms with Gasteiger partial charge in [0.2, 0.25) is 0 Å². The molecule has 1 heterocycles. The van der Waals surface area contributed by atoms with Crippen LogP contribution >= 0.6 is 0 Å². The van der Waals surface area contributed by atoms with E-state index in [1.807, 2.05) is 0 Å². The summed E-state index contributed by atoms with van der Waals surface area (Å²) in [7, 11) is 0. The first kappa shape index (κ1) is 10.1. The van der Waals surface area contributed by atoms with Gasteiger partial charge < -0.3 is 9.67 Å². The Labute approximate surface area is 83.1 Å². The van der Waals surface area contributed by atoms with E-state index in [9.17, 15) is 18.0 Å². The zero-order valence-electron chi connectivity index (χ0n) is 7.58. The van der Waals surface area contributed by atoms with Gasteiger partial charge in [-0.3, -0.25) is 0 Å². The maximum absolute atomic E-state index is 12.6. The minimum Gasteiger partial charge on any atom is -0.478 e. The highest BCUT2D eigenvalue weighted by atomic mass is 19.4. The lowest BCUT2D eigenvalue weighted by molar-refractivity contribution is -0.144. The highest BCUT2D eigenvalue weighted by Crippen LogP contribution is 2.42. The second-order valence-corrected chi connectivity index (χ2v) is 3.52. The van der Waals surface area contributed by atoms with Gasteiger partial charge in [-0.1, -0.05) is 0 Å². The molecule has 0 spiro atoms. The molecule has 2 rings (SSSR count). The van der Waals surface area contributed by atoms with Crippen LogP contribution in [0.25, 0.3) is 0 Å². The van der Waals surface area contributed by atoms with Crippen LogP contribution in [0.15, 0.2) is 12.3 Å². The largest absolute Gasteiger partial charge is 0.478 e. The van der Waals surface area contributed by atoms with Crippen molar-refractivity contribution in [3.63, 3.8) is 0 Å². The van der Waals surface area contributed by atoms with E-state index >= 15 is 0 Å². The summed E-state index contributed by atoms with van der Waals surface area (Å²) in [6, 6.07) is 0.818.